The first-order valence-electron chi connectivity index (χ1n) is 4.75. The van der Waals surface area contributed by atoms with Crippen molar-refractivity contribution < 1.29 is 14.7 Å². The number of hydrogen-bond donors (Lipinski definition) is 2. The maximum absolute atomic E-state index is 8.14. The van der Waals surface area contributed by atoms with E-state index >= 15 is 0 Å². The van der Waals surface area contributed by atoms with Crippen LogP contribution in [0.5, 0.6) is 0 Å². The number of ether oxygens (including phenoxy) is 2. The molecular weight excluding hydrogens is 184 g/mol. The lowest BCUT2D eigenvalue weighted by Gasteiger charge is -2.17. The maximum Gasteiger partial charge on any atom is 0.200 e. The van der Waals surface area contributed by atoms with E-state index in [1.165, 1.54) is 6.21 Å². The third kappa shape index (κ3) is 4.55. The van der Waals surface area contributed by atoms with Gasteiger partial charge >= 0.3 is 0 Å². The van der Waals surface area contributed by atoms with E-state index in [0.717, 1.165) is 6.54 Å². The van der Waals surface area contributed by atoms with Crippen LogP contribution in [0.25, 0.3) is 0 Å². The zero-order valence-electron chi connectivity index (χ0n) is 8.86. The summed E-state index contributed by atoms with van der Waals surface area (Å²) in [6.07, 6.45) is 1.97. The Hall–Kier alpha value is -0.650. The van der Waals surface area contributed by atoms with Gasteiger partial charge in [0.05, 0.1) is 5.60 Å². The highest BCUT2D eigenvalue weighted by atomic mass is 16.8. The summed E-state index contributed by atoms with van der Waals surface area (Å²) >= 11 is 0. The van der Waals surface area contributed by atoms with Gasteiger partial charge in [0.1, 0.15) is 0 Å². The lowest BCUT2D eigenvalue weighted by Crippen LogP contribution is -2.27. The van der Waals surface area contributed by atoms with Gasteiger partial charge in [-0.1, -0.05) is 0 Å². The molecule has 1 aliphatic heterocycles. The Morgan fingerprint density at radius 2 is 2.29 bits per heavy atom. The van der Waals surface area contributed by atoms with Gasteiger partial charge in [-0.3, -0.25) is 5.32 Å². The van der Waals surface area contributed by atoms with Crippen LogP contribution < -0.4 is 5.32 Å². The summed E-state index contributed by atoms with van der Waals surface area (Å²) in [4.78, 5) is 0. The SMILES string of the molecule is CC(C)(C)OC1OC1NCC/C=N/O. The van der Waals surface area contributed by atoms with E-state index in [9.17, 15) is 0 Å². The Morgan fingerprint density at radius 3 is 2.86 bits per heavy atom. The predicted molar refractivity (Wildman–Crippen MR) is 52.4 cm³/mol. The fourth-order valence-corrected chi connectivity index (χ4v) is 1.03. The van der Waals surface area contributed by atoms with Gasteiger partial charge in [0.15, 0.2) is 12.5 Å². The Balaban J connectivity index is 2.03. The van der Waals surface area contributed by atoms with Crippen LogP contribution in [-0.2, 0) is 9.47 Å². The molecule has 0 amide bonds. The third-order valence-corrected chi connectivity index (χ3v) is 1.62. The molecule has 0 aromatic carbocycles. The average molecular weight is 202 g/mol. The summed E-state index contributed by atoms with van der Waals surface area (Å²) in [7, 11) is 0. The largest absolute Gasteiger partial charge is 0.411 e. The first-order chi connectivity index (χ1) is 6.53. The van der Waals surface area contributed by atoms with Crippen molar-refractivity contribution in [2.75, 3.05) is 6.54 Å². The van der Waals surface area contributed by atoms with E-state index in [0.29, 0.717) is 6.42 Å². The van der Waals surface area contributed by atoms with Crippen LogP contribution in [0.2, 0.25) is 0 Å². The van der Waals surface area contributed by atoms with Gasteiger partial charge in [-0.05, 0) is 27.2 Å². The second kappa shape index (κ2) is 4.72. The summed E-state index contributed by atoms with van der Waals surface area (Å²) in [5.74, 6) is 0. The van der Waals surface area contributed by atoms with E-state index in [2.05, 4.69) is 10.5 Å². The summed E-state index contributed by atoms with van der Waals surface area (Å²) in [6, 6.07) is 0. The molecule has 1 fully saturated rings. The molecule has 2 N–H and O–H groups in total. The van der Waals surface area contributed by atoms with Crippen molar-refractivity contribution in [1.82, 2.24) is 5.32 Å². The van der Waals surface area contributed by atoms with Gasteiger partial charge in [0.25, 0.3) is 0 Å². The van der Waals surface area contributed by atoms with Gasteiger partial charge < -0.3 is 14.7 Å². The molecule has 0 aromatic rings. The average Bonchev–Trinajstić information content (AvgIpc) is 2.74. The molecule has 1 heterocycles. The lowest BCUT2D eigenvalue weighted by molar-refractivity contribution is -0.0571. The second-order valence-corrected chi connectivity index (χ2v) is 4.20. The molecule has 1 saturated heterocycles. The van der Waals surface area contributed by atoms with E-state index < -0.39 is 0 Å². The molecule has 0 aliphatic carbocycles. The minimum atomic E-state index is -0.173. The van der Waals surface area contributed by atoms with E-state index in [1.54, 1.807) is 0 Å². The quantitative estimate of drug-likeness (QED) is 0.229. The number of oxime groups is 1. The van der Waals surface area contributed by atoms with Crippen LogP contribution in [0.4, 0.5) is 0 Å². The van der Waals surface area contributed by atoms with E-state index in [-0.39, 0.29) is 18.1 Å². The molecule has 82 valence electrons. The molecule has 1 aliphatic rings. The number of rotatable bonds is 5. The van der Waals surface area contributed by atoms with Crippen molar-refractivity contribution in [3.63, 3.8) is 0 Å². The van der Waals surface area contributed by atoms with Crippen LogP contribution in [0.3, 0.4) is 0 Å². The monoisotopic (exact) mass is 202 g/mol. The van der Waals surface area contributed by atoms with Crippen molar-refractivity contribution in [3.05, 3.63) is 0 Å². The standard InChI is InChI=1S/C9H18N2O3/c1-9(2,3)14-8-7(13-8)10-5-4-6-11-12/h6-8,10,12H,4-5H2,1-3H3/b11-6+. The predicted octanol–water partition coefficient (Wildman–Crippen LogP) is 0.924. The van der Waals surface area contributed by atoms with Gasteiger partial charge in [-0.15, -0.1) is 5.16 Å². The highest BCUT2D eigenvalue weighted by molar-refractivity contribution is 5.56. The second-order valence-electron chi connectivity index (χ2n) is 4.20. The molecule has 5 nitrogen and oxygen atoms in total. The molecule has 5 heteroatoms. The number of epoxide rings is 1. The molecule has 2 atom stereocenters. The molecule has 0 spiro atoms. The molecule has 0 radical (unpaired) electrons. The van der Waals surface area contributed by atoms with Crippen LogP contribution in [-0.4, -0.2) is 36.1 Å². The Morgan fingerprint density at radius 1 is 1.57 bits per heavy atom. The Labute approximate surface area is 84.1 Å². The molecule has 14 heavy (non-hydrogen) atoms. The zero-order valence-corrected chi connectivity index (χ0v) is 8.86. The first-order valence-corrected chi connectivity index (χ1v) is 4.75. The summed E-state index contributed by atoms with van der Waals surface area (Å²) < 4.78 is 10.8. The third-order valence-electron chi connectivity index (χ3n) is 1.62. The van der Waals surface area contributed by atoms with Crippen LogP contribution >= 0.6 is 0 Å². The van der Waals surface area contributed by atoms with Crippen LogP contribution in [0.1, 0.15) is 27.2 Å². The fourth-order valence-electron chi connectivity index (χ4n) is 1.03. The number of hydrogen-bond acceptors (Lipinski definition) is 5. The molecule has 0 bridgehead atoms. The van der Waals surface area contributed by atoms with Gasteiger partial charge in [0.2, 0.25) is 0 Å². The summed E-state index contributed by atoms with van der Waals surface area (Å²) in [6.45, 7) is 6.69. The Kier molecular flexibility index (Phi) is 3.86. The van der Waals surface area contributed by atoms with Crippen LogP contribution in [0.15, 0.2) is 5.16 Å². The molecular formula is C9H18N2O3. The molecule has 0 saturated carbocycles. The first kappa shape index (κ1) is 11.4. The van der Waals surface area contributed by atoms with Gasteiger partial charge in [-0.2, -0.15) is 0 Å². The highest BCUT2D eigenvalue weighted by Crippen LogP contribution is 2.25. The molecule has 1 rings (SSSR count). The van der Waals surface area contributed by atoms with E-state index in [1.807, 2.05) is 20.8 Å². The van der Waals surface area contributed by atoms with Gasteiger partial charge in [-0.25, -0.2) is 0 Å². The highest BCUT2D eigenvalue weighted by Gasteiger charge is 2.42. The maximum atomic E-state index is 8.14. The van der Waals surface area contributed by atoms with Crippen LogP contribution in [0, 0.1) is 0 Å². The number of nitrogens with one attached hydrogen (secondary N) is 1. The summed E-state index contributed by atoms with van der Waals surface area (Å²) in [5.41, 5.74) is -0.173. The minimum absolute atomic E-state index is 0.0127. The van der Waals surface area contributed by atoms with Crippen molar-refractivity contribution in [2.24, 2.45) is 5.16 Å². The summed E-state index contributed by atoms with van der Waals surface area (Å²) in [5, 5.41) is 14.1. The topological polar surface area (TPSA) is 66.4 Å². The number of nitrogens with zero attached hydrogens (tertiary/aromatic N) is 1. The van der Waals surface area contributed by atoms with E-state index in [4.69, 9.17) is 14.7 Å². The normalized spacial score (nSPS) is 27.1. The van der Waals surface area contributed by atoms with Crippen molar-refractivity contribution in [2.45, 2.75) is 45.3 Å². The minimum Gasteiger partial charge on any atom is -0.411 e. The van der Waals surface area contributed by atoms with Gasteiger partial charge in [0, 0.05) is 12.8 Å². The lowest BCUT2D eigenvalue weighted by atomic mass is 10.2. The fraction of sp³-hybridized carbons (Fsp3) is 0.889. The Bertz CT molecular complexity index is 201. The smallest absolute Gasteiger partial charge is 0.200 e. The zero-order chi connectivity index (χ0) is 10.6. The van der Waals surface area contributed by atoms with Crippen molar-refractivity contribution in [3.8, 4) is 0 Å². The van der Waals surface area contributed by atoms with Crippen molar-refractivity contribution >= 4 is 6.21 Å². The molecule has 2 unspecified atom stereocenters. The molecule has 0 aromatic heterocycles. The van der Waals surface area contributed by atoms with Crippen molar-refractivity contribution in [1.29, 1.82) is 0 Å².